The van der Waals surface area contributed by atoms with Crippen LogP contribution < -0.4 is 5.32 Å². The minimum Gasteiger partial charge on any atom is -0.508 e. The van der Waals surface area contributed by atoms with Gasteiger partial charge in [0.15, 0.2) is 0 Å². The topological polar surface area (TPSA) is 58.6 Å². The lowest BCUT2D eigenvalue weighted by molar-refractivity contribution is -0.145. The van der Waals surface area contributed by atoms with E-state index in [1.54, 1.807) is 12.1 Å². The molecule has 0 aromatic heterocycles. The Bertz CT molecular complexity index is 389. The first kappa shape index (κ1) is 9.83. The van der Waals surface area contributed by atoms with Crippen molar-refractivity contribution in [3.63, 3.8) is 0 Å². The van der Waals surface area contributed by atoms with Gasteiger partial charge in [-0.3, -0.25) is 4.79 Å². The van der Waals surface area contributed by atoms with Gasteiger partial charge in [-0.05, 0) is 18.1 Å². The molecule has 0 fully saturated rings. The number of fused-ring (bicyclic) bond motifs is 1. The van der Waals surface area contributed by atoms with E-state index in [2.05, 4.69) is 5.32 Å². The molecule has 0 spiro atoms. The van der Waals surface area contributed by atoms with Gasteiger partial charge in [-0.25, -0.2) is 0 Å². The molecule has 0 bridgehead atoms. The van der Waals surface area contributed by atoms with Crippen LogP contribution in [0.5, 0.6) is 5.75 Å². The monoisotopic (exact) mass is 207 g/mol. The number of esters is 1. The number of nitrogens with one attached hydrogen (secondary N) is 1. The SMILES string of the molecule is COC(=O)C1CNc2cc(O)ccc2C1. The van der Waals surface area contributed by atoms with Gasteiger partial charge in [-0.15, -0.1) is 0 Å². The number of carbonyl (C=O) groups excluding carboxylic acids is 1. The molecule has 2 N–H and O–H groups in total. The number of hydrogen-bond donors (Lipinski definition) is 2. The summed E-state index contributed by atoms with van der Waals surface area (Å²) in [6.45, 7) is 0.559. The quantitative estimate of drug-likeness (QED) is 0.678. The number of anilines is 1. The number of ether oxygens (including phenoxy) is 1. The molecule has 1 aliphatic rings. The number of methoxy groups -OCH3 is 1. The summed E-state index contributed by atoms with van der Waals surface area (Å²) in [5.74, 6) is -0.0916. The zero-order valence-electron chi connectivity index (χ0n) is 8.49. The molecule has 0 saturated carbocycles. The molecule has 1 aliphatic heterocycles. The number of carbonyl (C=O) groups is 1. The molecular weight excluding hydrogens is 194 g/mol. The molecular formula is C11H13NO3. The minimum atomic E-state index is -0.193. The lowest BCUT2D eigenvalue weighted by Crippen LogP contribution is -2.30. The Morgan fingerprint density at radius 3 is 3.13 bits per heavy atom. The first-order valence-corrected chi connectivity index (χ1v) is 4.84. The van der Waals surface area contributed by atoms with Gasteiger partial charge in [-0.2, -0.15) is 0 Å². The number of phenolic OH excluding ortho intramolecular Hbond substituents is 1. The number of phenols is 1. The van der Waals surface area contributed by atoms with Crippen molar-refractivity contribution in [2.24, 2.45) is 5.92 Å². The van der Waals surface area contributed by atoms with Crippen LogP contribution in [0.15, 0.2) is 18.2 Å². The molecule has 2 rings (SSSR count). The number of aromatic hydroxyl groups is 1. The fourth-order valence-electron chi connectivity index (χ4n) is 1.81. The van der Waals surface area contributed by atoms with E-state index >= 15 is 0 Å². The molecule has 0 amide bonds. The maximum absolute atomic E-state index is 11.3. The second-order valence-electron chi connectivity index (χ2n) is 3.65. The molecule has 0 saturated heterocycles. The van der Waals surface area contributed by atoms with Crippen molar-refractivity contribution in [3.05, 3.63) is 23.8 Å². The highest BCUT2D eigenvalue weighted by Gasteiger charge is 2.24. The van der Waals surface area contributed by atoms with E-state index in [9.17, 15) is 9.90 Å². The summed E-state index contributed by atoms with van der Waals surface area (Å²) in [6.07, 6.45) is 0.662. The predicted octanol–water partition coefficient (Wildman–Crippen LogP) is 1.15. The maximum atomic E-state index is 11.3. The lowest BCUT2D eigenvalue weighted by atomic mass is 9.94. The van der Waals surface area contributed by atoms with Crippen LogP contribution >= 0.6 is 0 Å². The minimum absolute atomic E-state index is 0.132. The summed E-state index contributed by atoms with van der Waals surface area (Å²) in [4.78, 5) is 11.3. The molecule has 4 heteroatoms. The van der Waals surface area contributed by atoms with Gasteiger partial charge in [0.2, 0.25) is 0 Å². The molecule has 0 radical (unpaired) electrons. The first-order valence-electron chi connectivity index (χ1n) is 4.84. The third-order valence-electron chi connectivity index (χ3n) is 2.63. The lowest BCUT2D eigenvalue weighted by Gasteiger charge is -2.24. The second-order valence-corrected chi connectivity index (χ2v) is 3.65. The molecule has 80 valence electrons. The van der Waals surface area contributed by atoms with E-state index in [1.807, 2.05) is 6.07 Å². The van der Waals surface area contributed by atoms with Gasteiger partial charge in [0.25, 0.3) is 0 Å². The largest absolute Gasteiger partial charge is 0.508 e. The zero-order valence-corrected chi connectivity index (χ0v) is 8.49. The molecule has 1 atom stereocenters. The van der Waals surface area contributed by atoms with Gasteiger partial charge in [0.05, 0.1) is 13.0 Å². The Kier molecular flexibility index (Phi) is 2.49. The second kappa shape index (κ2) is 3.81. The molecule has 1 aromatic rings. The van der Waals surface area contributed by atoms with E-state index in [1.165, 1.54) is 7.11 Å². The smallest absolute Gasteiger partial charge is 0.310 e. The maximum Gasteiger partial charge on any atom is 0.310 e. The van der Waals surface area contributed by atoms with Crippen molar-refractivity contribution in [2.45, 2.75) is 6.42 Å². The van der Waals surface area contributed by atoms with Crippen molar-refractivity contribution in [1.82, 2.24) is 0 Å². The summed E-state index contributed by atoms with van der Waals surface area (Å²) >= 11 is 0. The summed E-state index contributed by atoms with van der Waals surface area (Å²) in [5.41, 5.74) is 1.93. The molecule has 1 aromatic carbocycles. The summed E-state index contributed by atoms with van der Waals surface area (Å²) < 4.78 is 4.70. The van der Waals surface area contributed by atoms with E-state index in [-0.39, 0.29) is 17.6 Å². The van der Waals surface area contributed by atoms with Crippen molar-refractivity contribution >= 4 is 11.7 Å². The Balaban J connectivity index is 2.20. The Morgan fingerprint density at radius 2 is 2.40 bits per heavy atom. The number of benzene rings is 1. The van der Waals surface area contributed by atoms with Crippen LogP contribution in [0.3, 0.4) is 0 Å². The molecule has 1 heterocycles. The fourth-order valence-corrected chi connectivity index (χ4v) is 1.81. The molecule has 4 nitrogen and oxygen atoms in total. The first-order chi connectivity index (χ1) is 7.20. The van der Waals surface area contributed by atoms with Crippen molar-refractivity contribution in [2.75, 3.05) is 19.0 Å². The van der Waals surface area contributed by atoms with Crippen molar-refractivity contribution in [1.29, 1.82) is 0 Å². The van der Waals surface area contributed by atoms with Crippen LogP contribution in [-0.4, -0.2) is 24.7 Å². The van der Waals surface area contributed by atoms with Crippen LogP contribution in [0.25, 0.3) is 0 Å². The van der Waals surface area contributed by atoms with Crippen LogP contribution in [0.1, 0.15) is 5.56 Å². The van der Waals surface area contributed by atoms with Crippen molar-refractivity contribution < 1.29 is 14.6 Å². The average molecular weight is 207 g/mol. The van der Waals surface area contributed by atoms with Crippen molar-refractivity contribution in [3.8, 4) is 5.75 Å². The predicted molar refractivity (Wildman–Crippen MR) is 55.8 cm³/mol. The number of hydrogen-bond acceptors (Lipinski definition) is 4. The van der Waals surface area contributed by atoms with Crippen LogP contribution in [0, 0.1) is 5.92 Å². The van der Waals surface area contributed by atoms with E-state index < -0.39 is 0 Å². The Hall–Kier alpha value is -1.71. The van der Waals surface area contributed by atoms with Gasteiger partial charge in [0, 0.05) is 18.3 Å². The summed E-state index contributed by atoms with van der Waals surface area (Å²) in [7, 11) is 1.40. The third-order valence-corrected chi connectivity index (χ3v) is 2.63. The molecule has 1 unspecified atom stereocenters. The molecule has 0 aliphatic carbocycles. The standard InChI is InChI=1S/C11H13NO3/c1-15-11(14)8-4-7-2-3-9(13)5-10(7)12-6-8/h2-3,5,8,12-13H,4,6H2,1H3. The third kappa shape index (κ3) is 1.88. The van der Waals surface area contributed by atoms with Gasteiger partial charge >= 0.3 is 5.97 Å². The molecule has 15 heavy (non-hydrogen) atoms. The highest BCUT2D eigenvalue weighted by atomic mass is 16.5. The zero-order chi connectivity index (χ0) is 10.8. The van der Waals surface area contributed by atoms with Crippen LogP contribution in [0.4, 0.5) is 5.69 Å². The number of rotatable bonds is 1. The highest BCUT2D eigenvalue weighted by Crippen LogP contribution is 2.28. The Morgan fingerprint density at radius 1 is 1.60 bits per heavy atom. The van der Waals surface area contributed by atoms with Gasteiger partial charge < -0.3 is 15.2 Å². The van der Waals surface area contributed by atoms with Crippen LogP contribution in [0.2, 0.25) is 0 Å². The van der Waals surface area contributed by atoms with Gasteiger partial charge in [-0.1, -0.05) is 6.07 Å². The highest BCUT2D eigenvalue weighted by molar-refractivity contribution is 5.75. The Labute approximate surface area is 87.9 Å². The van der Waals surface area contributed by atoms with E-state index in [4.69, 9.17) is 4.74 Å². The average Bonchev–Trinajstić information content (AvgIpc) is 2.27. The summed E-state index contributed by atoms with van der Waals surface area (Å²) in [5, 5.41) is 12.4. The van der Waals surface area contributed by atoms with Gasteiger partial charge in [0.1, 0.15) is 5.75 Å². The summed E-state index contributed by atoms with van der Waals surface area (Å²) in [6, 6.07) is 5.12. The normalized spacial score (nSPS) is 18.9. The fraction of sp³-hybridized carbons (Fsp3) is 0.364. The van der Waals surface area contributed by atoms with Crippen LogP contribution in [-0.2, 0) is 16.0 Å². The van der Waals surface area contributed by atoms with E-state index in [0.717, 1.165) is 11.3 Å². The van der Waals surface area contributed by atoms with E-state index in [0.29, 0.717) is 13.0 Å².